The average Bonchev–Trinajstić information content (AvgIpc) is 2.83. The van der Waals surface area contributed by atoms with Gasteiger partial charge in [-0.25, -0.2) is 9.48 Å². The number of rotatable bonds is 3. The number of aldehydes is 1. The number of furan rings is 1. The maximum absolute atomic E-state index is 10.6. The first-order chi connectivity index (χ1) is 7.61. The molecule has 2 heterocycles. The molecule has 2 rings (SSSR count). The van der Waals surface area contributed by atoms with Crippen LogP contribution in [0.5, 0.6) is 0 Å². The first kappa shape index (κ1) is 10.2. The van der Waals surface area contributed by atoms with Gasteiger partial charge in [0.1, 0.15) is 0 Å². The van der Waals surface area contributed by atoms with Gasteiger partial charge in [-0.2, -0.15) is 5.10 Å². The number of carbonyl (C=O) groups is 2. The van der Waals surface area contributed by atoms with E-state index in [9.17, 15) is 9.59 Å². The molecule has 0 atom stereocenters. The van der Waals surface area contributed by atoms with Gasteiger partial charge in [-0.1, -0.05) is 0 Å². The lowest BCUT2D eigenvalue weighted by Gasteiger charge is -1.93. The van der Waals surface area contributed by atoms with E-state index in [1.54, 1.807) is 6.92 Å². The van der Waals surface area contributed by atoms with Crippen molar-refractivity contribution in [3.63, 3.8) is 0 Å². The summed E-state index contributed by atoms with van der Waals surface area (Å²) < 4.78 is 6.35. The van der Waals surface area contributed by atoms with Crippen molar-refractivity contribution >= 4 is 12.3 Å². The largest absolute Gasteiger partial charge is 0.475 e. The number of aryl methyl sites for hydroxylation is 1. The Morgan fingerprint density at radius 3 is 2.81 bits per heavy atom. The van der Waals surface area contributed by atoms with E-state index in [1.165, 1.54) is 23.0 Å². The third-order valence-corrected chi connectivity index (χ3v) is 2.09. The lowest BCUT2D eigenvalue weighted by atomic mass is 10.3. The van der Waals surface area contributed by atoms with Crippen LogP contribution in [-0.2, 0) is 0 Å². The van der Waals surface area contributed by atoms with Gasteiger partial charge in [-0.3, -0.25) is 4.79 Å². The molecule has 0 saturated carbocycles. The minimum atomic E-state index is -1.15. The quantitative estimate of drug-likeness (QED) is 0.787. The molecule has 82 valence electrons. The van der Waals surface area contributed by atoms with Crippen LogP contribution in [0.3, 0.4) is 0 Å². The molecule has 0 saturated heterocycles. The summed E-state index contributed by atoms with van der Waals surface area (Å²) >= 11 is 0. The van der Waals surface area contributed by atoms with Gasteiger partial charge in [0, 0.05) is 12.3 Å². The monoisotopic (exact) mass is 220 g/mol. The van der Waals surface area contributed by atoms with Crippen LogP contribution in [-0.4, -0.2) is 27.1 Å². The smallest absolute Gasteiger partial charge is 0.371 e. The number of aromatic carboxylic acids is 1. The molecule has 2 aromatic rings. The maximum atomic E-state index is 10.6. The van der Waals surface area contributed by atoms with Crippen molar-refractivity contribution in [1.29, 1.82) is 0 Å². The second-order valence-corrected chi connectivity index (χ2v) is 3.18. The van der Waals surface area contributed by atoms with E-state index in [4.69, 9.17) is 9.52 Å². The molecular formula is C10H8N2O4. The fraction of sp³-hybridized carbons (Fsp3) is 0.100. The fourth-order valence-corrected chi connectivity index (χ4v) is 1.27. The van der Waals surface area contributed by atoms with Crippen LogP contribution < -0.4 is 0 Å². The van der Waals surface area contributed by atoms with Crippen molar-refractivity contribution in [2.24, 2.45) is 0 Å². The Labute approximate surface area is 90.1 Å². The second-order valence-electron chi connectivity index (χ2n) is 3.18. The van der Waals surface area contributed by atoms with Gasteiger partial charge in [-0.05, 0) is 13.0 Å². The van der Waals surface area contributed by atoms with Gasteiger partial charge in [0.25, 0.3) is 0 Å². The molecule has 0 aromatic carbocycles. The molecule has 0 spiro atoms. The first-order valence-electron chi connectivity index (χ1n) is 4.47. The molecular weight excluding hydrogens is 212 g/mol. The van der Waals surface area contributed by atoms with Gasteiger partial charge in [-0.15, -0.1) is 0 Å². The van der Waals surface area contributed by atoms with E-state index in [2.05, 4.69) is 5.10 Å². The van der Waals surface area contributed by atoms with Crippen molar-refractivity contribution in [3.05, 3.63) is 35.3 Å². The lowest BCUT2D eigenvalue weighted by Crippen LogP contribution is -1.94. The maximum Gasteiger partial charge on any atom is 0.371 e. The normalized spacial score (nSPS) is 10.3. The minimum absolute atomic E-state index is 0.171. The molecule has 0 radical (unpaired) electrons. The fourth-order valence-electron chi connectivity index (χ4n) is 1.27. The highest BCUT2D eigenvalue weighted by molar-refractivity contribution is 5.84. The number of hydrogen-bond acceptors (Lipinski definition) is 4. The van der Waals surface area contributed by atoms with E-state index in [1.807, 2.05) is 0 Å². The van der Waals surface area contributed by atoms with Crippen molar-refractivity contribution in [2.45, 2.75) is 6.92 Å². The molecule has 6 heteroatoms. The van der Waals surface area contributed by atoms with Crippen LogP contribution in [0.2, 0.25) is 0 Å². The predicted molar refractivity (Wildman–Crippen MR) is 52.9 cm³/mol. The molecule has 6 nitrogen and oxygen atoms in total. The summed E-state index contributed by atoms with van der Waals surface area (Å²) in [6.07, 6.45) is 2.16. The standard InChI is InChI=1S/C10H8N2O4/c1-6-7(5-13)4-12(11-6)9-3-2-8(16-9)10(14)15/h2-5H,1H3,(H,14,15). The third kappa shape index (κ3) is 1.60. The van der Waals surface area contributed by atoms with E-state index < -0.39 is 5.97 Å². The molecule has 0 unspecified atom stereocenters. The molecule has 0 aliphatic heterocycles. The van der Waals surface area contributed by atoms with Gasteiger partial charge in [0.15, 0.2) is 6.29 Å². The average molecular weight is 220 g/mol. The summed E-state index contributed by atoms with van der Waals surface area (Å²) in [7, 11) is 0. The minimum Gasteiger partial charge on any atom is -0.475 e. The number of carboxylic acid groups (broad SMARTS) is 1. The van der Waals surface area contributed by atoms with E-state index in [0.29, 0.717) is 17.5 Å². The highest BCUT2D eigenvalue weighted by Gasteiger charge is 2.12. The third-order valence-electron chi connectivity index (χ3n) is 2.09. The van der Waals surface area contributed by atoms with Gasteiger partial charge < -0.3 is 9.52 Å². The predicted octanol–water partition coefficient (Wildman–Crippen LogP) is 1.28. The summed E-state index contributed by atoms with van der Waals surface area (Å²) in [6, 6.07) is 2.81. The zero-order valence-electron chi connectivity index (χ0n) is 8.38. The summed E-state index contributed by atoms with van der Waals surface area (Å²) in [4.78, 5) is 21.2. The summed E-state index contributed by atoms with van der Waals surface area (Å²) in [5, 5.41) is 12.7. The Morgan fingerprint density at radius 1 is 1.56 bits per heavy atom. The number of hydrogen-bond donors (Lipinski definition) is 1. The molecule has 0 fully saturated rings. The van der Waals surface area contributed by atoms with E-state index in [-0.39, 0.29) is 11.6 Å². The van der Waals surface area contributed by atoms with Crippen LogP contribution in [0.4, 0.5) is 0 Å². The van der Waals surface area contributed by atoms with E-state index >= 15 is 0 Å². The van der Waals surface area contributed by atoms with Crippen LogP contribution in [0.1, 0.15) is 26.6 Å². The number of aromatic nitrogens is 2. The number of nitrogens with zero attached hydrogens (tertiary/aromatic N) is 2. The molecule has 1 N–H and O–H groups in total. The van der Waals surface area contributed by atoms with Crippen LogP contribution in [0, 0.1) is 6.92 Å². The summed E-state index contributed by atoms with van der Waals surface area (Å²) in [5.41, 5.74) is 0.997. The molecule has 2 aromatic heterocycles. The Kier molecular flexibility index (Phi) is 2.32. The van der Waals surface area contributed by atoms with Gasteiger partial charge in [0.05, 0.1) is 11.3 Å². The van der Waals surface area contributed by atoms with Crippen LogP contribution >= 0.6 is 0 Å². The SMILES string of the molecule is Cc1nn(-c2ccc(C(=O)O)o2)cc1C=O. The zero-order chi connectivity index (χ0) is 11.7. The topological polar surface area (TPSA) is 85.3 Å². The Hall–Kier alpha value is -2.37. The van der Waals surface area contributed by atoms with E-state index in [0.717, 1.165) is 0 Å². The zero-order valence-corrected chi connectivity index (χ0v) is 8.38. The van der Waals surface area contributed by atoms with Crippen LogP contribution in [0.15, 0.2) is 22.7 Å². The van der Waals surface area contributed by atoms with Gasteiger partial charge in [0.2, 0.25) is 11.6 Å². The molecule has 0 bridgehead atoms. The number of carbonyl (C=O) groups excluding carboxylic acids is 1. The van der Waals surface area contributed by atoms with Crippen LogP contribution in [0.25, 0.3) is 5.88 Å². The van der Waals surface area contributed by atoms with Crippen molar-refractivity contribution in [1.82, 2.24) is 9.78 Å². The molecule has 0 amide bonds. The van der Waals surface area contributed by atoms with Gasteiger partial charge >= 0.3 is 5.97 Å². The van der Waals surface area contributed by atoms with Crippen molar-refractivity contribution < 1.29 is 19.1 Å². The summed E-state index contributed by atoms with van der Waals surface area (Å²) in [6.45, 7) is 1.68. The van der Waals surface area contributed by atoms with Crippen molar-refractivity contribution in [3.8, 4) is 5.88 Å². The lowest BCUT2D eigenvalue weighted by molar-refractivity contribution is 0.0662. The highest BCUT2D eigenvalue weighted by Crippen LogP contribution is 2.14. The molecule has 0 aliphatic rings. The number of carboxylic acids is 1. The Morgan fingerprint density at radius 2 is 2.31 bits per heavy atom. The summed E-state index contributed by atoms with van der Waals surface area (Å²) in [5.74, 6) is -1.06. The second kappa shape index (κ2) is 3.65. The highest BCUT2D eigenvalue weighted by atomic mass is 16.4. The first-order valence-corrected chi connectivity index (χ1v) is 4.47. The molecule has 16 heavy (non-hydrogen) atoms. The Balaban J connectivity index is 2.42. The molecule has 0 aliphatic carbocycles. The Bertz CT molecular complexity index is 553. The van der Waals surface area contributed by atoms with Crippen molar-refractivity contribution in [2.75, 3.05) is 0 Å².